The van der Waals surface area contributed by atoms with Gasteiger partial charge in [-0.3, -0.25) is 4.98 Å². The second-order valence-electron chi connectivity index (χ2n) is 8.26. The Bertz CT molecular complexity index is 1060. The van der Waals surface area contributed by atoms with E-state index in [9.17, 15) is 0 Å². The molecule has 1 heterocycles. The predicted molar refractivity (Wildman–Crippen MR) is 122 cm³/mol. The van der Waals surface area contributed by atoms with Crippen molar-refractivity contribution in [2.75, 3.05) is 0 Å². The molecule has 0 unspecified atom stereocenters. The SMILES string of the molecule is Clc1ccc(Cl)c(CNC2(c3cnccc3-c3ccccc3OC3CCC3)CC2)c1. The first kappa shape index (κ1) is 19.9. The van der Waals surface area contributed by atoms with Crippen LogP contribution < -0.4 is 10.1 Å². The van der Waals surface area contributed by atoms with E-state index in [0.29, 0.717) is 17.7 Å². The first-order valence-corrected chi connectivity index (χ1v) is 11.3. The van der Waals surface area contributed by atoms with Crippen molar-refractivity contribution in [2.45, 2.75) is 50.3 Å². The third kappa shape index (κ3) is 3.94. The van der Waals surface area contributed by atoms with E-state index in [1.165, 1.54) is 17.5 Å². The van der Waals surface area contributed by atoms with Gasteiger partial charge in [-0.05, 0) is 79.1 Å². The van der Waals surface area contributed by atoms with Gasteiger partial charge in [-0.15, -0.1) is 0 Å². The highest BCUT2D eigenvalue weighted by Crippen LogP contribution is 2.50. The number of para-hydroxylation sites is 1. The van der Waals surface area contributed by atoms with Gasteiger partial charge in [-0.2, -0.15) is 0 Å². The van der Waals surface area contributed by atoms with Crippen LogP contribution in [0.1, 0.15) is 43.2 Å². The van der Waals surface area contributed by atoms with Gasteiger partial charge in [0.15, 0.2) is 0 Å². The first-order valence-electron chi connectivity index (χ1n) is 10.5. The molecule has 0 saturated heterocycles. The molecule has 2 aliphatic rings. The standard InChI is InChI=1S/C25H24Cl2N2O/c26-18-8-9-23(27)17(14-18)15-29-25(11-12-25)22-16-28-13-10-20(22)21-6-1-2-7-24(21)30-19-4-3-5-19/h1-2,6-10,13-14,16,19,29H,3-5,11-12,15H2. The first-order chi connectivity index (χ1) is 14.6. The lowest BCUT2D eigenvalue weighted by Crippen LogP contribution is -2.29. The van der Waals surface area contributed by atoms with Crippen LogP contribution in [-0.4, -0.2) is 11.1 Å². The molecule has 1 aromatic heterocycles. The Morgan fingerprint density at radius 3 is 2.63 bits per heavy atom. The van der Waals surface area contributed by atoms with Crippen molar-refractivity contribution in [2.24, 2.45) is 0 Å². The Labute approximate surface area is 187 Å². The summed E-state index contributed by atoms with van der Waals surface area (Å²) in [5, 5.41) is 5.17. The summed E-state index contributed by atoms with van der Waals surface area (Å²) in [5.74, 6) is 0.961. The van der Waals surface area contributed by atoms with Gasteiger partial charge in [0.2, 0.25) is 0 Å². The van der Waals surface area contributed by atoms with E-state index in [1.54, 1.807) is 0 Å². The predicted octanol–water partition coefficient (Wildman–Crippen LogP) is 6.77. The van der Waals surface area contributed by atoms with E-state index in [1.807, 2.05) is 36.7 Å². The summed E-state index contributed by atoms with van der Waals surface area (Å²) in [7, 11) is 0. The second-order valence-corrected chi connectivity index (χ2v) is 9.10. The van der Waals surface area contributed by atoms with Crippen LogP contribution in [0.2, 0.25) is 10.0 Å². The molecular weight excluding hydrogens is 415 g/mol. The Balaban J connectivity index is 1.45. The van der Waals surface area contributed by atoms with Gasteiger partial charge in [-0.25, -0.2) is 0 Å². The van der Waals surface area contributed by atoms with Gasteiger partial charge in [0.1, 0.15) is 5.75 Å². The van der Waals surface area contributed by atoms with Crippen LogP contribution in [0.4, 0.5) is 0 Å². The maximum atomic E-state index is 6.38. The highest BCUT2D eigenvalue weighted by Gasteiger charge is 2.45. The molecule has 2 aliphatic carbocycles. The van der Waals surface area contributed by atoms with Crippen molar-refractivity contribution in [3.8, 4) is 16.9 Å². The molecule has 2 aromatic carbocycles. The zero-order chi connectivity index (χ0) is 20.6. The summed E-state index contributed by atoms with van der Waals surface area (Å²) in [4.78, 5) is 4.45. The average Bonchev–Trinajstić information content (AvgIpc) is 3.53. The number of nitrogens with one attached hydrogen (secondary N) is 1. The second kappa shape index (κ2) is 8.22. The number of pyridine rings is 1. The molecule has 0 aliphatic heterocycles. The van der Waals surface area contributed by atoms with Crippen molar-refractivity contribution in [1.82, 2.24) is 10.3 Å². The topological polar surface area (TPSA) is 34.2 Å². The summed E-state index contributed by atoms with van der Waals surface area (Å²) in [6.45, 7) is 0.661. The minimum absolute atomic E-state index is 0.0984. The lowest BCUT2D eigenvalue weighted by molar-refractivity contribution is 0.121. The number of hydrogen-bond donors (Lipinski definition) is 1. The van der Waals surface area contributed by atoms with Crippen LogP contribution in [-0.2, 0) is 12.1 Å². The molecule has 0 radical (unpaired) electrons. The largest absolute Gasteiger partial charge is 0.490 e. The number of nitrogens with zero attached hydrogens (tertiary/aromatic N) is 1. The van der Waals surface area contributed by atoms with Crippen LogP contribution in [0.5, 0.6) is 5.75 Å². The van der Waals surface area contributed by atoms with Crippen molar-refractivity contribution < 1.29 is 4.74 Å². The van der Waals surface area contributed by atoms with Crippen molar-refractivity contribution in [1.29, 1.82) is 0 Å². The monoisotopic (exact) mass is 438 g/mol. The van der Waals surface area contributed by atoms with Crippen LogP contribution in [0.15, 0.2) is 60.9 Å². The third-order valence-electron chi connectivity index (χ3n) is 6.23. The van der Waals surface area contributed by atoms with Gasteiger partial charge in [0.25, 0.3) is 0 Å². The molecule has 0 amide bonds. The fourth-order valence-electron chi connectivity index (χ4n) is 4.08. The highest BCUT2D eigenvalue weighted by atomic mass is 35.5. The van der Waals surface area contributed by atoms with Crippen LogP contribution in [0.25, 0.3) is 11.1 Å². The molecule has 3 nitrogen and oxygen atoms in total. The van der Waals surface area contributed by atoms with E-state index in [4.69, 9.17) is 27.9 Å². The fourth-order valence-corrected chi connectivity index (χ4v) is 4.46. The summed E-state index contributed by atoms with van der Waals surface area (Å²) >= 11 is 12.5. The smallest absolute Gasteiger partial charge is 0.127 e. The molecule has 0 spiro atoms. The van der Waals surface area contributed by atoms with Crippen LogP contribution >= 0.6 is 23.2 Å². The van der Waals surface area contributed by atoms with E-state index in [0.717, 1.165) is 47.6 Å². The van der Waals surface area contributed by atoms with Crippen LogP contribution in [0, 0.1) is 0 Å². The summed E-state index contributed by atoms with van der Waals surface area (Å²) < 4.78 is 6.31. The van der Waals surface area contributed by atoms with Crippen molar-refractivity contribution >= 4 is 23.2 Å². The van der Waals surface area contributed by atoms with E-state index in [-0.39, 0.29) is 5.54 Å². The van der Waals surface area contributed by atoms with Gasteiger partial charge < -0.3 is 10.1 Å². The molecule has 3 aromatic rings. The minimum atomic E-state index is -0.0984. The highest BCUT2D eigenvalue weighted by molar-refractivity contribution is 6.33. The molecule has 1 N–H and O–H groups in total. The summed E-state index contributed by atoms with van der Waals surface area (Å²) in [6, 6.07) is 16.1. The van der Waals surface area contributed by atoms with Gasteiger partial charge in [-0.1, -0.05) is 41.4 Å². The quantitative estimate of drug-likeness (QED) is 0.441. The molecule has 30 heavy (non-hydrogen) atoms. The molecule has 154 valence electrons. The van der Waals surface area contributed by atoms with Crippen molar-refractivity contribution in [3.05, 3.63) is 82.1 Å². The third-order valence-corrected chi connectivity index (χ3v) is 6.84. The Hall–Kier alpha value is -2.07. The Kier molecular flexibility index (Phi) is 5.44. The number of aromatic nitrogens is 1. The lowest BCUT2D eigenvalue weighted by Gasteiger charge is -2.28. The van der Waals surface area contributed by atoms with Gasteiger partial charge in [0.05, 0.1) is 6.10 Å². The molecular formula is C25H24Cl2N2O. The van der Waals surface area contributed by atoms with E-state index >= 15 is 0 Å². The molecule has 2 saturated carbocycles. The number of halogens is 2. The minimum Gasteiger partial charge on any atom is -0.490 e. The molecule has 0 atom stereocenters. The molecule has 0 bridgehead atoms. The molecule has 2 fully saturated rings. The van der Waals surface area contributed by atoms with Crippen molar-refractivity contribution in [3.63, 3.8) is 0 Å². The van der Waals surface area contributed by atoms with Gasteiger partial charge >= 0.3 is 0 Å². The number of rotatable bonds is 7. The molecule has 5 heteroatoms. The maximum absolute atomic E-state index is 6.38. The normalized spacial score (nSPS) is 17.4. The maximum Gasteiger partial charge on any atom is 0.127 e. The fraction of sp³-hybridized carbons (Fsp3) is 0.320. The summed E-state index contributed by atoms with van der Waals surface area (Å²) in [6.07, 6.45) is 9.87. The zero-order valence-electron chi connectivity index (χ0n) is 16.7. The Morgan fingerprint density at radius 1 is 1.03 bits per heavy atom. The van der Waals surface area contributed by atoms with E-state index < -0.39 is 0 Å². The summed E-state index contributed by atoms with van der Waals surface area (Å²) in [5.41, 5.74) is 4.44. The Morgan fingerprint density at radius 2 is 1.87 bits per heavy atom. The van der Waals surface area contributed by atoms with Gasteiger partial charge in [0, 0.05) is 40.1 Å². The number of ether oxygens (including phenoxy) is 1. The average molecular weight is 439 g/mol. The number of benzene rings is 2. The lowest BCUT2D eigenvalue weighted by atomic mass is 9.93. The van der Waals surface area contributed by atoms with E-state index in [2.05, 4.69) is 34.6 Å². The number of hydrogen-bond acceptors (Lipinski definition) is 3. The molecule has 5 rings (SSSR count). The van der Waals surface area contributed by atoms with Crippen LogP contribution in [0.3, 0.4) is 0 Å². The zero-order valence-corrected chi connectivity index (χ0v) is 18.2.